The van der Waals surface area contributed by atoms with Gasteiger partial charge in [0.25, 0.3) is 0 Å². The smallest absolute Gasteiger partial charge is 0.0522 e. The summed E-state index contributed by atoms with van der Waals surface area (Å²) in [6.45, 7) is 4.43. The summed E-state index contributed by atoms with van der Waals surface area (Å²) in [4.78, 5) is 2.27. The second kappa shape index (κ2) is 5.65. The molecule has 4 heteroatoms. The van der Waals surface area contributed by atoms with Gasteiger partial charge in [0.1, 0.15) is 0 Å². The molecule has 0 aliphatic heterocycles. The fourth-order valence-electron chi connectivity index (χ4n) is 2.76. The SMILES string of the molecule is CCC(CC)(C(N)Cc1cnn(C)c1)N(C)C. The van der Waals surface area contributed by atoms with Gasteiger partial charge < -0.3 is 10.6 Å². The summed E-state index contributed by atoms with van der Waals surface area (Å²) >= 11 is 0. The minimum absolute atomic E-state index is 0.0792. The van der Waals surface area contributed by atoms with Crippen molar-refractivity contribution in [2.45, 2.75) is 44.7 Å². The molecule has 1 rings (SSSR count). The molecule has 0 spiro atoms. The zero-order valence-electron chi connectivity index (χ0n) is 11.8. The molecule has 1 aromatic rings. The summed E-state index contributed by atoms with van der Waals surface area (Å²) in [7, 11) is 6.18. The Hall–Kier alpha value is -0.870. The van der Waals surface area contributed by atoms with Crippen LogP contribution in [0.15, 0.2) is 12.4 Å². The standard InChI is InChI=1S/C13H26N4/c1-6-13(7-2,16(3)4)12(14)8-11-9-15-17(5)10-11/h9-10,12H,6-8,14H2,1-5H3. The number of nitrogens with two attached hydrogens (primary N) is 1. The van der Waals surface area contributed by atoms with Crippen LogP contribution in [0.5, 0.6) is 0 Å². The van der Waals surface area contributed by atoms with E-state index in [1.807, 2.05) is 24.1 Å². The first kappa shape index (κ1) is 14.2. The van der Waals surface area contributed by atoms with E-state index >= 15 is 0 Å². The first-order chi connectivity index (χ1) is 7.96. The number of aromatic nitrogens is 2. The molecule has 4 nitrogen and oxygen atoms in total. The lowest BCUT2D eigenvalue weighted by Crippen LogP contribution is -2.57. The van der Waals surface area contributed by atoms with Crippen LogP contribution in [0.25, 0.3) is 0 Å². The van der Waals surface area contributed by atoms with Crippen LogP contribution >= 0.6 is 0 Å². The third-order valence-corrected chi connectivity index (χ3v) is 4.02. The molecule has 0 saturated heterocycles. The average Bonchev–Trinajstić information content (AvgIpc) is 2.66. The summed E-state index contributed by atoms with van der Waals surface area (Å²) in [6, 6.07) is 0.136. The van der Waals surface area contributed by atoms with Gasteiger partial charge in [-0.05, 0) is 38.9 Å². The van der Waals surface area contributed by atoms with Gasteiger partial charge in [0.15, 0.2) is 0 Å². The average molecular weight is 238 g/mol. The van der Waals surface area contributed by atoms with Gasteiger partial charge in [-0.3, -0.25) is 4.68 Å². The van der Waals surface area contributed by atoms with Crippen molar-refractivity contribution in [2.24, 2.45) is 12.8 Å². The zero-order chi connectivity index (χ0) is 13.1. The normalized spacial score (nSPS) is 14.3. The quantitative estimate of drug-likeness (QED) is 0.815. The third-order valence-electron chi connectivity index (χ3n) is 4.02. The highest BCUT2D eigenvalue weighted by molar-refractivity contribution is 5.10. The fraction of sp³-hybridized carbons (Fsp3) is 0.769. The molecule has 0 aromatic carbocycles. The van der Waals surface area contributed by atoms with E-state index in [9.17, 15) is 0 Å². The maximum atomic E-state index is 6.44. The Morgan fingerprint density at radius 1 is 1.41 bits per heavy atom. The monoisotopic (exact) mass is 238 g/mol. The van der Waals surface area contributed by atoms with Gasteiger partial charge in [-0.15, -0.1) is 0 Å². The number of likely N-dealkylation sites (N-methyl/N-ethyl adjacent to an activating group) is 1. The molecule has 0 saturated carbocycles. The molecule has 17 heavy (non-hydrogen) atoms. The van der Waals surface area contributed by atoms with Crippen molar-refractivity contribution in [3.63, 3.8) is 0 Å². The summed E-state index contributed by atoms with van der Waals surface area (Å²) < 4.78 is 1.83. The van der Waals surface area contributed by atoms with Gasteiger partial charge in [-0.25, -0.2) is 0 Å². The molecule has 98 valence electrons. The first-order valence-corrected chi connectivity index (χ1v) is 6.36. The van der Waals surface area contributed by atoms with Gasteiger partial charge in [0.2, 0.25) is 0 Å². The van der Waals surface area contributed by atoms with E-state index in [-0.39, 0.29) is 11.6 Å². The van der Waals surface area contributed by atoms with Crippen molar-refractivity contribution in [1.29, 1.82) is 0 Å². The highest BCUT2D eigenvalue weighted by atomic mass is 15.2. The second-order valence-corrected chi connectivity index (χ2v) is 5.04. The lowest BCUT2D eigenvalue weighted by atomic mass is 9.81. The van der Waals surface area contributed by atoms with Crippen molar-refractivity contribution in [3.05, 3.63) is 18.0 Å². The lowest BCUT2D eigenvalue weighted by molar-refractivity contribution is 0.105. The molecule has 0 amide bonds. The van der Waals surface area contributed by atoms with E-state index in [4.69, 9.17) is 5.73 Å². The van der Waals surface area contributed by atoms with Gasteiger partial charge in [0, 0.05) is 24.8 Å². The molecule has 1 aromatic heterocycles. The van der Waals surface area contributed by atoms with Crippen LogP contribution in [0, 0.1) is 0 Å². The highest BCUT2D eigenvalue weighted by Gasteiger charge is 2.35. The van der Waals surface area contributed by atoms with E-state index in [2.05, 4.69) is 37.9 Å². The maximum absolute atomic E-state index is 6.44. The van der Waals surface area contributed by atoms with Crippen LogP contribution in [0.2, 0.25) is 0 Å². The molecule has 2 N–H and O–H groups in total. The van der Waals surface area contributed by atoms with Crippen molar-refractivity contribution >= 4 is 0 Å². The van der Waals surface area contributed by atoms with Gasteiger partial charge in [-0.2, -0.15) is 5.10 Å². The number of hydrogen-bond donors (Lipinski definition) is 1. The number of rotatable bonds is 6. The Morgan fingerprint density at radius 2 is 2.00 bits per heavy atom. The van der Waals surface area contributed by atoms with E-state index in [0.717, 1.165) is 19.3 Å². The predicted molar refractivity (Wildman–Crippen MR) is 71.9 cm³/mol. The number of nitrogens with zero attached hydrogens (tertiary/aromatic N) is 3. The molecule has 0 fully saturated rings. The molecule has 0 radical (unpaired) electrons. The van der Waals surface area contributed by atoms with Crippen molar-refractivity contribution in [1.82, 2.24) is 14.7 Å². The third kappa shape index (κ3) is 2.87. The van der Waals surface area contributed by atoms with Crippen LogP contribution in [0.4, 0.5) is 0 Å². The van der Waals surface area contributed by atoms with Crippen molar-refractivity contribution in [2.75, 3.05) is 14.1 Å². The van der Waals surface area contributed by atoms with E-state index in [1.54, 1.807) is 0 Å². The molecule has 1 atom stereocenters. The Kier molecular flexibility index (Phi) is 4.71. The molecule has 0 aliphatic rings. The Bertz CT molecular complexity index is 339. The minimum Gasteiger partial charge on any atom is -0.326 e. The lowest BCUT2D eigenvalue weighted by Gasteiger charge is -2.43. The fourth-order valence-corrected chi connectivity index (χ4v) is 2.76. The molecule has 0 bridgehead atoms. The van der Waals surface area contributed by atoms with Gasteiger partial charge >= 0.3 is 0 Å². The molecule has 0 aliphatic carbocycles. The Labute approximate surface area is 105 Å². The highest BCUT2D eigenvalue weighted by Crippen LogP contribution is 2.26. The van der Waals surface area contributed by atoms with Crippen LogP contribution in [-0.4, -0.2) is 40.4 Å². The van der Waals surface area contributed by atoms with Crippen LogP contribution < -0.4 is 5.73 Å². The summed E-state index contributed by atoms with van der Waals surface area (Å²) in [5, 5.41) is 4.20. The van der Waals surface area contributed by atoms with E-state index in [1.165, 1.54) is 5.56 Å². The molecular formula is C13H26N4. The summed E-state index contributed by atoms with van der Waals surface area (Å²) in [5.41, 5.74) is 7.73. The first-order valence-electron chi connectivity index (χ1n) is 6.36. The van der Waals surface area contributed by atoms with Crippen LogP contribution in [0.3, 0.4) is 0 Å². The van der Waals surface area contributed by atoms with E-state index in [0.29, 0.717) is 0 Å². The minimum atomic E-state index is 0.0792. The van der Waals surface area contributed by atoms with Crippen molar-refractivity contribution in [3.8, 4) is 0 Å². The Balaban J connectivity index is 2.82. The zero-order valence-corrected chi connectivity index (χ0v) is 11.8. The van der Waals surface area contributed by atoms with E-state index < -0.39 is 0 Å². The number of hydrogen-bond acceptors (Lipinski definition) is 3. The van der Waals surface area contributed by atoms with Gasteiger partial charge in [0.05, 0.1) is 6.20 Å². The van der Waals surface area contributed by atoms with Crippen LogP contribution in [-0.2, 0) is 13.5 Å². The van der Waals surface area contributed by atoms with Crippen LogP contribution in [0.1, 0.15) is 32.3 Å². The largest absolute Gasteiger partial charge is 0.326 e. The molecule has 1 heterocycles. The van der Waals surface area contributed by atoms with Gasteiger partial charge in [-0.1, -0.05) is 13.8 Å². The Morgan fingerprint density at radius 3 is 2.35 bits per heavy atom. The second-order valence-electron chi connectivity index (χ2n) is 5.04. The molecular weight excluding hydrogens is 212 g/mol. The van der Waals surface area contributed by atoms with Crippen molar-refractivity contribution < 1.29 is 0 Å². The predicted octanol–water partition coefficient (Wildman–Crippen LogP) is 1.41. The topological polar surface area (TPSA) is 47.1 Å². The maximum Gasteiger partial charge on any atom is 0.0522 e. The molecule has 1 unspecified atom stereocenters. The number of aryl methyl sites for hydroxylation is 1. The summed E-state index contributed by atoms with van der Waals surface area (Å²) in [6.07, 6.45) is 6.97. The summed E-state index contributed by atoms with van der Waals surface area (Å²) in [5.74, 6) is 0.